The molecule has 0 aliphatic carbocycles. The standard InChI is InChI=1S/C9H9N3/c1-4-10-5-2-8(1)9-3-6-11-12-7-9/h1-2,4-7,12H,3H2. The van der Waals surface area contributed by atoms with Gasteiger partial charge in [0, 0.05) is 31.2 Å². The van der Waals surface area contributed by atoms with E-state index in [4.69, 9.17) is 0 Å². The molecule has 0 bridgehead atoms. The number of hydrazone groups is 1. The highest BCUT2D eigenvalue weighted by atomic mass is 15.3. The number of allylic oxidation sites excluding steroid dienone is 1. The third kappa shape index (κ3) is 1.34. The summed E-state index contributed by atoms with van der Waals surface area (Å²) in [6.07, 6.45) is 8.24. The molecule has 12 heavy (non-hydrogen) atoms. The number of rotatable bonds is 1. The first-order valence-corrected chi connectivity index (χ1v) is 3.83. The molecule has 1 aromatic heterocycles. The average Bonchev–Trinajstić information content (AvgIpc) is 2.21. The van der Waals surface area contributed by atoms with Crippen molar-refractivity contribution >= 4 is 11.8 Å². The van der Waals surface area contributed by atoms with Crippen molar-refractivity contribution in [2.24, 2.45) is 5.10 Å². The Kier molecular flexibility index (Phi) is 1.86. The number of aromatic nitrogens is 1. The summed E-state index contributed by atoms with van der Waals surface area (Å²) in [6.45, 7) is 0. The smallest absolute Gasteiger partial charge is 0.0291 e. The Hall–Kier alpha value is -1.64. The van der Waals surface area contributed by atoms with Crippen LogP contribution in [0.2, 0.25) is 0 Å². The van der Waals surface area contributed by atoms with Crippen LogP contribution in [0, 0.1) is 0 Å². The minimum absolute atomic E-state index is 0.886. The number of nitrogens with zero attached hydrogens (tertiary/aromatic N) is 2. The van der Waals surface area contributed by atoms with Gasteiger partial charge in [0.2, 0.25) is 0 Å². The van der Waals surface area contributed by atoms with Crippen molar-refractivity contribution in [3.05, 3.63) is 36.3 Å². The van der Waals surface area contributed by atoms with Crippen LogP contribution < -0.4 is 5.43 Å². The molecule has 0 saturated carbocycles. The average molecular weight is 159 g/mol. The fourth-order valence-electron chi connectivity index (χ4n) is 1.14. The molecule has 0 spiro atoms. The van der Waals surface area contributed by atoms with Crippen LogP contribution in [-0.4, -0.2) is 11.2 Å². The maximum Gasteiger partial charge on any atom is 0.0291 e. The fraction of sp³-hybridized carbons (Fsp3) is 0.111. The Morgan fingerprint density at radius 1 is 1.25 bits per heavy atom. The van der Waals surface area contributed by atoms with Crippen molar-refractivity contribution in [3.8, 4) is 0 Å². The molecule has 0 unspecified atom stereocenters. The summed E-state index contributed by atoms with van der Waals surface area (Å²) in [5.41, 5.74) is 5.26. The zero-order chi connectivity index (χ0) is 8.23. The van der Waals surface area contributed by atoms with Gasteiger partial charge in [-0.15, -0.1) is 0 Å². The van der Waals surface area contributed by atoms with E-state index in [2.05, 4.69) is 15.5 Å². The van der Waals surface area contributed by atoms with Gasteiger partial charge in [-0.2, -0.15) is 5.10 Å². The zero-order valence-electron chi connectivity index (χ0n) is 6.57. The third-order valence-corrected chi connectivity index (χ3v) is 1.77. The van der Waals surface area contributed by atoms with Crippen molar-refractivity contribution in [2.75, 3.05) is 0 Å². The third-order valence-electron chi connectivity index (χ3n) is 1.77. The Morgan fingerprint density at radius 3 is 2.75 bits per heavy atom. The highest BCUT2D eigenvalue weighted by Gasteiger charge is 2.01. The molecule has 0 saturated heterocycles. The summed E-state index contributed by atoms with van der Waals surface area (Å²) in [4.78, 5) is 3.96. The van der Waals surface area contributed by atoms with Crippen LogP contribution in [0.1, 0.15) is 12.0 Å². The van der Waals surface area contributed by atoms with Crippen molar-refractivity contribution in [2.45, 2.75) is 6.42 Å². The van der Waals surface area contributed by atoms with Crippen LogP contribution in [0.25, 0.3) is 5.57 Å². The molecule has 3 nitrogen and oxygen atoms in total. The molecule has 1 N–H and O–H groups in total. The first kappa shape index (κ1) is 7.03. The first-order chi connectivity index (χ1) is 5.97. The lowest BCUT2D eigenvalue weighted by Gasteiger charge is -2.07. The van der Waals surface area contributed by atoms with Crippen LogP contribution >= 0.6 is 0 Å². The monoisotopic (exact) mass is 159 g/mol. The quantitative estimate of drug-likeness (QED) is 0.672. The van der Waals surface area contributed by atoms with E-state index in [1.807, 2.05) is 24.5 Å². The Morgan fingerprint density at radius 2 is 2.08 bits per heavy atom. The van der Waals surface area contributed by atoms with Crippen LogP contribution in [0.15, 0.2) is 35.8 Å². The van der Waals surface area contributed by atoms with Gasteiger partial charge >= 0.3 is 0 Å². The summed E-state index contributed by atoms with van der Waals surface area (Å²) >= 11 is 0. The van der Waals surface area contributed by atoms with Gasteiger partial charge in [-0.1, -0.05) is 0 Å². The van der Waals surface area contributed by atoms with Gasteiger partial charge in [0.15, 0.2) is 0 Å². The van der Waals surface area contributed by atoms with Gasteiger partial charge in [-0.25, -0.2) is 0 Å². The fourth-order valence-corrected chi connectivity index (χ4v) is 1.14. The second kappa shape index (κ2) is 3.17. The van der Waals surface area contributed by atoms with Crippen LogP contribution in [0.4, 0.5) is 0 Å². The number of pyridine rings is 1. The van der Waals surface area contributed by atoms with E-state index in [9.17, 15) is 0 Å². The molecule has 3 heteroatoms. The topological polar surface area (TPSA) is 37.3 Å². The molecule has 0 amide bonds. The normalized spacial score (nSPS) is 15.2. The molecular weight excluding hydrogens is 150 g/mol. The lowest BCUT2D eigenvalue weighted by Crippen LogP contribution is -2.03. The van der Waals surface area contributed by atoms with Gasteiger partial charge < -0.3 is 0 Å². The molecular formula is C9H9N3. The molecule has 2 rings (SSSR count). The minimum atomic E-state index is 0.886. The number of nitrogens with one attached hydrogen (secondary N) is 1. The first-order valence-electron chi connectivity index (χ1n) is 3.83. The van der Waals surface area contributed by atoms with Crippen molar-refractivity contribution in [1.29, 1.82) is 0 Å². The Balaban J connectivity index is 2.26. The van der Waals surface area contributed by atoms with E-state index in [1.165, 1.54) is 11.1 Å². The molecule has 0 aromatic carbocycles. The SMILES string of the molecule is C1=NNC=C(c2ccncc2)C1. The predicted octanol–water partition coefficient (Wildman–Crippen LogP) is 1.40. The minimum Gasteiger partial charge on any atom is -0.286 e. The Bertz CT molecular complexity index is 314. The summed E-state index contributed by atoms with van der Waals surface area (Å²) < 4.78 is 0. The second-order valence-corrected chi connectivity index (χ2v) is 2.55. The summed E-state index contributed by atoms with van der Waals surface area (Å²) in [5, 5.41) is 3.89. The molecule has 0 radical (unpaired) electrons. The van der Waals surface area contributed by atoms with Crippen molar-refractivity contribution < 1.29 is 0 Å². The van der Waals surface area contributed by atoms with E-state index < -0.39 is 0 Å². The van der Waals surface area contributed by atoms with E-state index >= 15 is 0 Å². The van der Waals surface area contributed by atoms with Gasteiger partial charge in [0.05, 0.1) is 0 Å². The highest BCUT2D eigenvalue weighted by Crippen LogP contribution is 2.16. The van der Waals surface area contributed by atoms with Gasteiger partial charge in [0.25, 0.3) is 0 Å². The zero-order valence-corrected chi connectivity index (χ0v) is 6.57. The summed E-state index contributed by atoms with van der Waals surface area (Å²) in [6, 6.07) is 3.99. The van der Waals surface area contributed by atoms with Gasteiger partial charge in [0.1, 0.15) is 0 Å². The summed E-state index contributed by atoms with van der Waals surface area (Å²) in [5.74, 6) is 0. The second-order valence-electron chi connectivity index (χ2n) is 2.55. The van der Waals surface area contributed by atoms with Gasteiger partial charge in [-0.05, 0) is 23.3 Å². The largest absolute Gasteiger partial charge is 0.286 e. The number of hydrogen-bond donors (Lipinski definition) is 1. The molecule has 2 heterocycles. The van der Waals surface area contributed by atoms with E-state index in [0.29, 0.717) is 0 Å². The molecule has 0 fully saturated rings. The highest BCUT2D eigenvalue weighted by molar-refractivity contribution is 5.80. The van der Waals surface area contributed by atoms with Gasteiger partial charge in [-0.3, -0.25) is 10.4 Å². The van der Waals surface area contributed by atoms with Crippen LogP contribution in [0.3, 0.4) is 0 Å². The van der Waals surface area contributed by atoms with Crippen molar-refractivity contribution in [1.82, 2.24) is 10.4 Å². The lowest BCUT2D eigenvalue weighted by atomic mass is 10.1. The van der Waals surface area contributed by atoms with E-state index in [1.54, 1.807) is 12.4 Å². The molecule has 0 atom stereocenters. The molecule has 60 valence electrons. The molecule has 1 aliphatic rings. The Labute approximate surface area is 70.8 Å². The molecule has 1 aliphatic heterocycles. The number of hydrogen-bond acceptors (Lipinski definition) is 3. The van der Waals surface area contributed by atoms with E-state index in [-0.39, 0.29) is 0 Å². The molecule has 1 aromatic rings. The van der Waals surface area contributed by atoms with E-state index in [0.717, 1.165) is 6.42 Å². The maximum absolute atomic E-state index is 3.96. The lowest BCUT2D eigenvalue weighted by molar-refractivity contribution is 0.953. The van der Waals surface area contributed by atoms with Crippen molar-refractivity contribution in [3.63, 3.8) is 0 Å². The summed E-state index contributed by atoms with van der Waals surface area (Å²) in [7, 11) is 0. The van der Waals surface area contributed by atoms with Crippen LogP contribution in [0.5, 0.6) is 0 Å². The predicted molar refractivity (Wildman–Crippen MR) is 48.5 cm³/mol. The maximum atomic E-state index is 3.96. The van der Waals surface area contributed by atoms with Crippen LogP contribution in [-0.2, 0) is 0 Å².